The smallest absolute Gasteiger partial charge is 0.123 e. The third kappa shape index (κ3) is 2.25. The minimum atomic E-state index is -0.0933. The quantitative estimate of drug-likeness (QED) is 0.830. The predicted octanol–water partition coefficient (Wildman–Crippen LogP) is 2.23. The maximum Gasteiger partial charge on any atom is 0.123 e. The summed E-state index contributed by atoms with van der Waals surface area (Å²) in [6, 6.07) is 5.77. The fourth-order valence-corrected chi connectivity index (χ4v) is 1.63. The van der Waals surface area contributed by atoms with E-state index < -0.39 is 0 Å². The zero-order valence-corrected chi connectivity index (χ0v) is 8.68. The average molecular weight is 202 g/mol. The molecule has 0 aliphatic rings. The summed E-state index contributed by atoms with van der Waals surface area (Å²) in [6.07, 6.45) is 6.02. The highest BCUT2D eigenvalue weighted by molar-refractivity contribution is 5.21. The van der Waals surface area contributed by atoms with Crippen LogP contribution in [0.15, 0.2) is 41.3 Å². The molecule has 1 unspecified atom stereocenters. The van der Waals surface area contributed by atoms with Crippen LogP contribution in [0.1, 0.15) is 22.9 Å². The maximum absolute atomic E-state index is 6.05. The lowest BCUT2D eigenvalue weighted by Gasteiger charge is -2.09. The van der Waals surface area contributed by atoms with E-state index in [0.29, 0.717) is 0 Å². The van der Waals surface area contributed by atoms with E-state index in [-0.39, 0.29) is 6.04 Å². The van der Waals surface area contributed by atoms with Gasteiger partial charge in [0.05, 0.1) is 12.3 Å². The molecule has 2 rings (SSSR count). The van der Waals surface area contributed by atoms with Crippen molar-refractivity contribution in [1.82, 2.24) is 4.98 Å². The molecule has 78 valence electrons. The Morgan fingerprint density at radius 1 is 1.47 bits per heavy atom. The van der Waals surface area contributed by atoms with Crippen LogP contribution in [0.2, 0.25) is 0 Å². The third-order valence-corrected chi connectivity index (χ3v) is 2.42. The number of hydrogen-bond acceptors (Lipinski definition) is 3. The first-order valence-electron chi connectivity index (χ1n) is 4.96. The van der Waals surface area contributed by atoms with Gasteiger partial charge < -0.3 is 10.2 Å². The van der Waals surface area contributed by atoms with Gasteiger partial charge in [0.2, 0.25) is 0 Å². The Balaban J connectivity index is 2.11. The normalized spacial score (nSPS) is 12.7. The Morgan fingerprint density at radius 2 is 2.33 bits per heavy atom. The molecule has 15 heavy (non-hydrogen) atoms. The number of rotatable bonds is 3. The van der Waals surface area contributed by atoms with E-state index in [1.54, 1.807) is 12.5 Å². The molecular formula is C12H14N2O. The molecule has 0 radical (unpaired) electrons. The summed E-state index contributed by atoms with van der Waals surface area (Å²) in [4.78, 5) is 4.06. The van der Waals surface area contributed by atoms with Gasteiger partial charge in [-0.05, 0) is 36.6 Å². The van der Waals surface area contributed by atoms with E-state index >= 15 is 0 Å². The molecule has 3 nitrogen and oxygen atoms in total. The van der Waals surface area contributed by atoms with Crippen molar-refractivity contribution in [1.29, 1.82) is 0 Å². The van der Waals surface area contributed by atoms with E-state index in [1.165, 1.54) is 0 Å². The molecule has 0 aromatic carbocycles. The van der Waals surface area contributed by atoms with Crippen LogP contribution in [0.3, 0.4) is 0 Å². The Labute approximate surface area is 88.9 Å². The topological polar surface area (TPSA) is 52.0 Å². The first-order valence-corrected chi connectivity index (χ1v) is 4.96. The highest BCUT2D eigenvalue weighted by Crippen LogP contribution is 2.19. The number of nitrogens with zero attached hydrogens (tertiary/aromatic N) is 1. The number of aromatic nitrogens is 1. The zero-order chi connectivity index (χ0) is 10.7. The second-order valence-corrected chi connectivity index (χ2v) is 3.64. The number of nitrogens with two attached hydrogens (primary N) is 1. The fraction of sp³-hybridized carbons (Fsp3) is 0.250. The van der Waals surface area contributed by atoms with Gasteiger partial charge in [-0.25, -0.2) is 0 Å². The molecule has 0 fully saturated rings. The SMILES string of the molecule is Cc1ccoc1C(N)Cc1cccnc1. The van der Waals surface area contributed by atoms with E-state index in [4.69, 9.17) is 10.2 Å². The van der Waals surface area contributed by atoms with Crippen LogP contribution in [0.4, 0.5) is 0 Å². The highest BCUT2D eigenvalue weighted by Gasteiger charge is 2.12. The van der Waals surface area contributed by atoms with Crippen molar-refractivity contribution in [2.75, 3.05) is 0 Å². The van der Waals surface area contributed by atoms with Gasteiger partial charge in [0.1, 0.15) is 5.76 Å². The summed E-state index contributed by atoms with van der Waals surface area (Å²) in [7, 11) is 0. The summed E-state index contributed by atoms with van der Waals surface area (Å²) in [6.45, 7) is 2.00. The van der Waals surface area contributed by atoms with Crippen LogP contribution < -0.4 is 5.73 Å². The number of furan rings is 1. The van der Waals surface area contributed by atoms with Gasteiger partial charge in [0.15, 0.2) is 0 Å². The zero-order valence-electron chi connectivity index (χ0n) is 8.68. The van der Waals surface area contributed by atoms with Crippen molar-refractivity contribution in [2.24, 2.45) is 5.73 Å². The summed E-state index contributed by atoms with van der Waals surface area (Å²) < 4.78 is 5.35. The Kier molecular flexibility index (Phi) is 2.83. The molecule has 2 aromatic heterocycles. The molecule has 2 heterocycles. The average Bonchev–Trinajstić information content (AvgIpc) is 2.66. The monoisotopic (exact) mass is 202 g/mol. The second kappa shape index (κ2) is 4.28. The molecule has 0 amide bonds. The van der Waals surface area contributed by atoms with Crippen molar-refractivity contribution in [3.05, 3.63) is 53.7 Å². The van der Waals surface area contributed by atoms with Gasteiger partial charge in [-0.2, -0.15) is 0 Å². The molecule has 2 aromatic rings. The van der Waals surface area contributed by atoms with Crippen LogP contribution >= 0.6 is 0 Å². The van der Waals surface area contributed by atoms with Gasteiger partial charge in [-0.1, -0.05) is 6.07 Å². The molecule has 0 saturated carbocycles. The van der Waals surface area contributed by atoms with E-state index in [9.17, 15) is 0 Å². The summed E-state index contributed by atoms with van der Waals surface area (Å²) in [5.74, 6) is 0.860. The van der Waals surface area contributed by atoms with E-state index in [2.05, 4.69) is 4.98 Å². The molecule has 0 aliphatic heterocycles. The predicted molar refractivity (Wildman–Crippen MR) is 58.3 cm³/mol. The van der Waals surface area contributed by atoms with Gasteiger partial charge >= 0.3 is 0 Å². The lowest BCUT2D eigenvalue weighted by atomic mass is 10.0. The Bertz CT molecular complexity index is 422. The van der Waals surface area contributed by atoms with E-state index in [1.807, 2.05) is 31.3 Å². The lowest BCUT2D eigenvalue weighted by molar-refractivity contribution is 0.461. The molecular weight excluding hydrogens is 188 g/mol. The molecule has 0 spiro atoms. The summed E-state index contributed by atoms with van der Waals surface area (Å²) >= 11 is 0. The molecule has 0 aliphatic carbocycles. The van der Waals surface area contributed by atoms with Crippen molar-refractivity contribution in [2.45, 2.75) is 19.4 Å². The standard InChI is InChI=1S/C12H14N2O/c1-9-4-6-15-12(9)11(13)7-10-3-2-5-14-8-10/h2-6,8,11H,7,13H2,1H3. The fourth-order valence-electron chi connectivity index (χ4n) is 1.63. The number of pyridine rings is 1. The summed E-state index contributed by atoms with van der Waals surface area (Å²) in [5.41, 5.74) is 8.28. The van der Waals surface area contributed by atoms with Crippen molar-refractivity contribution < 1.29 is 4.42 Å². The Hall–Kier alpha value is -1.61. The van der Waals surface area contributed by atoms with Gasteiger partial charge in [-0.15, -0.1) is 0 Å². The third-order valence-electron chi connectivity index (χ3n) is 2.42. The second-order valence-electron chi connectivity index (χ2n) is 3.64. The van der Waals surface area contributed by atoms with Crippen molar-refractivity contribution in [3.63, 3.8) is 0 Å². The number of aryl methyl sites for hydroxylation is 1. The highest BCUT2D eigenvalue weighted by atomic mass is 16.3. The minimum Gasteiger partial charge on any atom is -0.467 e. The number of hydrogen-bond donors (Lipinski definition) is 1. The van der Waals surface area contributed by atoms with Gasteiger partial charge in [-0.3, -0.25) is 4.98 Å². The largest absolute Gasteiger partial charge is 0.467 e. The maximum atomic E-state index is 6.05. The first kappa shape index (κ1) is 9.93. The van der Waals surface area contributed by atoms with E-state index in [0.717, 1.165) is 23.3 Å². The van der Waals surface area contributed by atoms with Gasteiger partial charge in [0, 0.05) is 12.4 Å². The van der Waals surface area contributed by atoms with Crippen molar-refractivity contribution in [3.8, 4) is 0 Å². The molecule has 1 atom stereocenters. The minimum absolute atomic E-state index is 0.0933. The van der Waals surface area contributed by atoms with Crippen LogP contribution in [-0.4, -0.2) is 4.98 Å². The van der Waals surface area contributed by atoms with Crippen LogP contribution in [0.25, 0.3) is 0 Å². The van der Waals surface area contributed by atoms with Crippen LogP contribution in [0, 0.1) is 6.92 Å². The molecule has 0 bridgehead atoms. The summed E-state index contributed by atoms with van der Waals surface area (Å²) in [5, 5.41) is 0. The van der Waals surface area contributed by atoms with Crippen LogP contribution in [0.5, 0.6) is 0 Å². The first-order chi connectivity index (χ1) is 7.27. The molecule has 0 saturated heterocycles. The molecule has 3 heteroatoms. The lowest BCUT2D eigenvalue weighted by Crippen LogP contribution is -2.13. The molecule has 2 N–H and O–H groups in total. The van der Waals surface area contributed by atoms with Crippen LogP contribution in [-0.2, 0) is 6.42 Å². The van der Waals surface area contributed by atoms with Gasteiger partial charge in [0.25, 0.3) is 0 Å². The van der Waals surface area contributed by atoms with Crippen molar-refractivity contribution >= 4 is 0 Å². The Morgan fingerprint density at radius 3 is 2.93 bits per heavy atom.